The first-order valence-electron chi connectivity index (χ1n) is 26.0. The molecule has 4 aliphatic heterocycles. The molecule has 1 unspecified atom stereocenters. The predicted molar refractivity (Wildman–Crippen MR) is 281 cm³/mol. The highest BCUT2D eigenvalue weighted by molar-refractivity contribution is 6.22. The highest BCUT2D eigenvalue weighted by atomic mass is 16.5. The summed E-state index contributed by atoms with van der Waals surface area (Å²) in [5, 5.41) is 17.3. The number of anilines is 6. The molecule has 2 aromatic carbocycles. The van der Waals surface area contributed by atoms with Crippen LogP contribution in [0.3, 0.4) is 0 Å². The normalized spacial score (nSPS) is 20.3. The van der Waals surface area contributed by atoms with Gasteiger partial charge in [-0.15, -0.1) is 0 Å². The van der Waals surface area contributed by atoms with E-state index in [2.05, 4.69) is 67.2 Å². The van der Waals surface area contributed by atoms with Gasteiger partial charge in [0.05, 0.1) is 48.1 Å². The maximum Gasteiger partial charge on any atom is 0.276 e. The largest absolute Gasteiger partial charge is 0.478 e. The Hall–Kier alpha value is -7.11. The number of pyridine rings is 1. The van der Waals surface area contributed by atoms with Gasteiger partial charge in [-0.25, -0.2) is 15.0 Å². The second kappa shape index (κ2) is 19.4. The van der Waals surface area contributed by atoms with Gasteiger partial charge < -0.3 is 34.8 Å². The molecule has 380 valence electrons. The van der Waals surface area contributed by atoms with E-state index in [9.17, 15) is 24.3 Å². The third kappa shape index (κ3) is 8.89. The first-order chi connectivity index (χ1) is 35.3. The maximum atomic E-state index is 14.1. The summed E-state index contributed by atoms with van der Waals surface area (Å²) in [6.07, 6.45) is 13.4. The van der Waals surface area contributed by atoms with E-state index in [-0.39, 0.29) is 53.6 Å². The van der Waals surface area contributed by atoms with Crippen molar-refractivity contribution in [1.29, 1.82) is 0 Å². The molecule has 2 saturated heterocycles. The summed E-state index contributed by atoms with van der Waals surface area (Å²) in [7, 11) is 1.52. The van der Waals surface area contributed by atoms with E-state index >= 15 is 0 Å². The number of piperazine rings is 1. The molecule has 3 fully saturated rings. The minimum absolute atomic E-state index is 0.00766. The highest BCUT2D eigenvalue weighted by Crippen LogP contribution is 2.42. The molecule has 1 atom stereocenters. The first-order valence-corrected chi connectivity index (χ1v) is 26.0. The number of rotatable bonds is 12. The van der Waals surface area contributed by atoms with Gasteiger partial charge in [-0.1, -0.05) is 39.7 Å². The molecule has 4 amide bonds. The summed E-state index contributed by atoms with van der Waals surface area (Å²) in [6.45, 7) is 15.3. The summed E-state index contributed by atoms with van der Waals surface area (Å²) in [5.74, 6) is 0.171. The summed E-state index contributed by atoms with van der Waals surface area (Å²) in [5.41, 5.74) is 8.95. The lowest BCUT2D eigenvalue weighted by atomic mass is 9.90. The molecule has 11 rings (SSSR count). The number of hydrogen-bond donors (Lipinski definition) is 3. The van der Waals surface area contributed by atoms with Gasteiger partial charge in [0.15, 0.2) is 5.82 Å². The van der Waals surface area contributed by atoms with Gasteiger partial charge in [-0.3, -0.25) is 33.9 Å². The van der Waals surface area contributed by atoms with Gasteiger partial charge in [0, 0.05) is 98.3 Å². The van der Waals surface area contributed by atoms with Gasteiger partial charge in [0.2, 0.25) is 5.91 Å². The Morgan fingerprint density at radius 2 is 1.66 bits per heavy atom. The second-order valence-electron chi connectivity index (χ2n) is 21.4. The monoisotopic (exact) mass is 988 g/mol. The van der Waals surface area contributed by atoms with Gasteiger partial charge >= 0.3 is 0 Å². The number of imide groups is 1. The van der Waals surface area contributed by atoms with Crippen molar-refractivity contribution in [2.75, 3.05) is 71.7 Å². The molecular weight excluding hydrogens is 923 g/mol. The Kier molecular flexibility index (Phi) is 12.8. The molecule has 3 N–H and O–H groups in total. The summed E-state index contributed by atoms with van der Waals surface area (Å²) >= 11 is 0. The summed E-state index contributed by atoms with van der Waals surface area (Å²) < 4.78 is 7.83. The number of fused-ring (bicyclic) bond motifs is 4. The van der Waals surface area contributed by atoms with Crippen molar-refractivity contribution >= 4 is 58.0 Å². The number of amides is 4. The molecule has 5 aromatic rings. The molecule has 17 nitrogen and oxygen atoms in total. The number of carbonyl (C=O) groups excluding carboxylic acids is 4. The lowest BCUT2D eigenvalue weighted by molar-refractivity contribution is -0.111. The van der Waals surface area contributed by atoms with Gasteiger partial charge in [0.1, 0.15) is 11.5 Å². The fraction of sp³-hybridized carbons (Fsp3) is 0.446. The van der Waals surface area contributed by atoms with Crippen LogP contribution in [-0.4, -0.2) is 123 Å². The molecular formula is C56H65N11O6. The highest BCUT2D eigenvalue weighted by Gasteiger charge is 2.42. The standard InChI is InChI=1S/C56H65N11O6/c1-6-49(69)60-44-27-36(59-50-52(73-5)58-31-45(61-50)40-16-19-57-51(43(40)33-68)66-25-24-65-47(55(66)72)26-35-29-56(3,4)30-48(35)65)12-15-46(44)64-23-22-63(32-34(64)2)37-17-20-62(21-18-37)39-13-14-41-42(28-39)54(71)67(53(41)70)38-10-8-7-9-11-38/h6,12-16,19,26-28,31,34,37-38,68H,1,7-11,17-18,20-25,29-30,32-33H2,2-5H3,(H,59,61)(H,60,69). The Morgan fingerprint density at radius 1 is 0.863 bits per heavy atom. The minimum Gasteiger partial charge on any atom is -0.478 e. The quantitative estimate of drug-likeness (QED) is 0.0822. The average molecular weight is 988 g/mol. The number of hydrogen-bond acceptors (Lipinski definition) is 13. The van der Waals surface area contributed by atoms with Crippen molar-refractivity contribution in [3.63, 3.8) is 0 Å². The minimum atomic E-state index is -0.381. The van der Waals surface area contributed by atoms with Crippen LogP contribution in [0.2, 0.25) is 0 Å². The topological polar surface area (TPSA) is 182 Å². The van der Waals surface area contributed by atoms with Crippen LogP contribution in [0.5, 0.6) is 5.88 Å². The van der Waals surface area contributed by atoms with Crippen LogP contribution in [0.25, 0.3) is 11.3 Å². The average Bonchev–Trinajstić information content (AvgIpc) is 3.99. The molecule has 3 aromatic heterocycles. The van der Waals surface area contributed by atoms with E-state index in [0.717, 1.165) is 102 Å². The van der Waals surface area contributed by atoms with Crippen molar-refractivity contribution in [2.24, 2.45) is 5.41 Å². The van der Waals surface area contributed by atoms with Crippen LogP contribution in [0.4, 0.5) is 34.4 Å². The third-order valence-electron chi connectivity index (χ3n) is 16.1. The third-order valence-corrected chi connectivity index (χ3v) is 16.1. The van der Waals surface area contributed by atoms with Crippen LogP contribution in [0.15, 0.2) is 73.6 Å². The van der Waals surface area contributed by atoms with E-state index < -0.39 is 0 Å². The number of aromatic nitrogens is 4. The zero-order chi connectivity index (χ0) is 50.7. The molecule has 7 heterocycles. The fourth-order valence-corrected chi connectivity index (χ4v) is 12.5. The Balaban J connectivity index is 0.769. The SMILES string of the molecule is C=CC(=O)Nc1cc(Nc2nc(-c3ccnc(N4CCn5c(cc6c5CC(C)(C)C6)C4=O)c3CO)cnc2OC)ccc1N1CCN(C2CCN(c3ccc4c(c3)C(=O)N(C3CCCCC3)C4=O)CC2)CC1C. The van der Waals surface area contributed by atoms with E-state index in [1.165, 1.54) is 29.3 Å². The number of benzene rings is 2. The molecule has 6 aliphatic rings. The number of aliphatic hydroxyl groups excluding tert-OH is 1. The number of nitrogens with one attached hydrogen (secondary N) is 2. The van der Waals surface area contributed by atoms with Crippen molar-refractivity contribution in [3.05, 3.63) is 107 Å². The Morgan fingerprint density at radius 3 is 2.41 bits per heavy atom. The Labute approximate surface area is 426 Å². The van der Waals surface area contributed by atoms with Gasteiger partial charge in [0.25, 0.3) is 23.6 Å². The number of nitrogens with zero attached hydrogens (tertiary/aromatic N) is 9. The van der Waals surface area contributed by atoms with Gasteiger partial charge in [-0.2, -0.15) is 0 Å². The number of aliphatic hydroxyl groups is 1. The maximum absolute atomic E-state index is 14.1. The van der Waals surface area contributed by atoms with Gasteiger partial charge in [-0.05, 0) is 111 Å². The summed E-state index contributed by atoms with van der Waals surface area (Å²) in [4.78, 5) is 78.6. The van der Waals surface area contributed by atoms with Crippen LogP contribution in [-0.2, 0) is 30.8 Å². The predicted octanol–water partition coefficient (Wildman–Crippen LogP) is 7.60. The van der Waals surface area contributed by atoms with Crippen LogP contribution < -0.4 is 30.1 Å². The van der Waals surface area contributed by atoms with Crippen molar-refractivity contribution in [1.82, 2.24) is 29.3 Å². The smallest absolute Gasteiger partial charge is 0.276 e. The number of ether oxygens (including phenoxy) is 1. The fourth-order valence-electron chi connectivity index (χ4n) is 12.5. The van der Waals surface area contributed by atoms with E-state index in [1.54, 1.807) is 23.4 Å². The second-order valence-corrected chi connectivity index (χ2v) is 21.4. The van der Waals surface area contributed by atoms with Crippen molar-refractivity contribution < 1.29 is 29.0 Å². The van der Waals surface area contributed by atoms with Crippen molar-refractivity contribution in [2.45, 2.75) is 110 Å². The van der Waals surface area contributed by atoms with E-state index in [1.807, 2.05) is 42.5 Å². The lowest BCUT2D eigenvalue weighted by Crippen LogP contribution is -2.57. The number of methoxy groups -OCH3 is 1. The van der Waals surface area contributed by atoms with E-state index in [4.69, 9.17) is 9.72 Å². The molecule has 0 bridgehead atoms. The van der Waals surface area contributed by atoms with E-state index in [0.29, 0.717) is 75.8 Å². The molecule has 73 heavy (non-hydrogen) atoms. The zero-order valence-corrected chi connectivity index (χ0v) is 42.3. The molecule has 1 saturated carbocycles. The van der Waals surface area contributed by atoms with Crippen molar-refractivity contribution in [3.8, 4) is 17.1 Å². The van der Waals surface area contributed by atoms with Crippen LogP contribution in [0, 0.1) is 5.41 Å². The lowest BCUT2D eigenvalue weighted by Gasteiger charge is -2.47. The molecule has 17 heteroatoms. The number of piperidine rings is 1. The summed E-state index contributed by atoms with van der Waals surface area (Å²) in [6, 6.07) is 15.9. The molecule has 0 spiro atoms. The molecule has 0 radical (unpaired) electrons. The van der Waals surface area contributed by atoms with Crippen LogP contribution >= 0.6 is 0 Å². The zero-order valence-electron chi connectivity index (χ0n) is 42.3. The van der Waals surface area contributed by atoms with Crippen LogP contribution in [0.1, 0.15) is 114 Å². The molecule has 2 aliphatic carbocycles. The Bertz CT molecular complexity index is 3030. The first kappa shape index (κ1) is 48.2. The number of carbonyl (C=O) groups is 4.